The minimum atomic E-state index is -0.363. The van der Waals surface area contributed by atoms with Gasteiger partial charge in [0, 0.05) is 18.8 Å². The number of ether oxygens (including phenoxy) is 1. The third-order valence-corrected chi connectivity index (χ3v) is 3.18. The summed E-state index contributed by atoms with van der Waals surface area (Å²) in [7, 11) is 3.21. The van der Waals surface area contributed by atoms with Gasteiger partial charge in [-0.15, -0.1) is 0 Å². The predicted octanol–water partition coefficient (Wildman–Crippen LogP) is 2.43. The van der Waals surface area contributed by atoms with Crippen LogP contribution in [0.1, 0.15) is 11.1 Å². The summed E-state index contributed by atoms with van der Waals surface area (Å²) >= 11 is 0. The average molecular weight is 288 g/mol. The number of pyridine rings is 1. The minimum absolute atomic E-state index is 0.0335. The zero-order valence-electron chi connectivity index (χ0n) is 12.0. The van der Waals surface area contributed by atoms with Crippen LogP contribution in [0.5, 0.6) is 5.88 Å². The first-order chi connectivity index (χ1) is 10.1. The molecule has 0 N–H and O–H groups in total. The lowest BCUT2D eigenvalue weighted by molar-refractivity contribution is -0.129. The van der Waals surface area contributed by atoms with E-state index >= 15 is 0 Å². The van der Waals surface area contributed by atoms with Crippen LogP contribution in [0.3, 0.4) is 0 Å². The lowest BCUT2D eigenvalue weighted by Crippen LogP contribution is -2.28. The van der Waals surface area contributed by atoms with Gasteiger partial charge in [-0.25, -0.2) is 9.37 Å². The Morgan fingerprint density at radius 3 is 2.67 bits per heavy atom. The molecule has 1 aromatic heterocycles. The van der Waals surface area contributed by atoms with Gasteiger partial charge in [-0.05, 0) is 17.7 Å². The second-order valence-corrected chi connectivity index (χ2v) is 4.69. The Morgan fingerprint density at radius 2 is 1.95 bits per heavy atom. The summed E-state index contributed by atoms with van der Waals surface area (Å²) in [5.74, 6) is -0.0349. The largest absolute Gasteiger partial charge is 0.481 e. The van der Waals surface area contributed by atoms with Gasteiger partial charge in [-0.1, -0.05) is 24.3 Å². The lowest BCUT2D eigenvalue weighted by Gasteiger charge is -2.18. The zero-order chi connectivity index (χ0) is 15.2. The van der Waals surface area contributed by atoms with Crippen molar-refractivity contribution < 1.29 is 13.9 Å². The summed E-state index contributed by atoms with van der Waals surface area (Å²) in [6, 6.07) is 9.92. The molecule has 1 amide bonds. The van der Waals surface area contributed by atoms with Crippen LogP contribution < -0.4 is 4.74 Å². The first kappa shape index (κ1) is 15.0. The van der Waals surface area contributed by atoms with Crippen LogP contribution in [0.15, 0.2) is 42.6 Å². The first-order valence-electron chi connectivity index (χ1n) is 6.57. The molecule has 0 aliphatic carbocycles. The fourth-order valence-electron chi connectivity index (χ4n) is 2.01. The Labute approximate surface area is 123 Å². The molecule has 0 aliphatic heterocycles. The standard InChI is InChI=1S/C16H17FN2O2/c1-19(11-13-7-5-9-18-16(13)21-2)15(20)10-12-6-3-4-8-14(12)17/h3-9H,10-11H2,1-2H3. The van der Waals surface area contributed by atoms with E-state index in [4.69, 9.17) is 4.74 Å². The van der Waals surface area contributed by atoms with Gasteiger partial charge in [-0.2, -0.15) is 0 Å². The second-order valence-electron chi connectivity index (χ2n) is 4.69. The number of halogens is 1. The molecule has 1 aromatic carbocycles. The van der Waals surface area contributed by atoms with E-state index in [2.05, 4.69) is 4.98 Å². The highest BCUT2D eigenvalue weighted by molar-refractivity contribution is 5.78. The third-order valence-electron chi connectivity index (χ3n) is 3.18. The van der Waals surface area contributed by atoms with Gasteiger partial charge < -0.3 is 9.64 Å². The lowest BCUT2D eigenvalue weighted by atomic mass is 10.1. The smallest absolute Gasteiger partial charge is 0.227 e. The molecule has 0 fully saturated rings. The number of rotatable bonds is 5. The normalized spacial score (nSPS) is 10.2. The molecule has 1 heterocycles. The first-order valence-corrected chi connectivity index (χ1v) is 6.57. The fraction of sp³-hybridized carbons (Fsp3) is 0.250. The highest BCUT2D eigenvalue weighted by Gasteiger charge is 2.14. The van der Waals surface area contributed by atoms with E-state index in [1.165, 1.54) is 18.1 Å². The SMILES string of the molecule is COc1ncccc1CN(C)C(=O)Cc1ccccc1F. The number of nitrogens with zero attached hydrogens (tertiary/aromatic N) is 2. The van der Waals surface area contributed by atoms with Crippen molar-refractivity contribution in [2.75, 3.05) is 14.2 Å². The molecular formula is C16H17FN2O2. The van der Waals surface area contributed by atoms with Gasteiger partial charge in [0.05, 0.1) is 20.1 Å². The highest BCUT2D eigenvalue weighted by Crippen LogP contribution is 2.16. The van der Waals surface area contributed by atoms with Crippen molar-refractivity contribution >= 4 is 5.91 Å². The number of benzene rings is 1. The molecule has 2 rings (SSSR count). The van der Waals surface area contributed by atoms with Crippen LogP contribution in [0.4, 0.5) is 4.39 Å². The molecular weight excluding hydrogens is 271 g/mol. The van der Waals surface area contributed by atoms with Crippen molar-refractivity contribution in [3.05, 3.63) is 59.5 Å². The minimum Gasteiger partial charge on any atom is -0.481 e. The number of aromatic nitrogens is 1. The van der Waals surface area contributed by atoms with Crippen molar-refractivity contribution in [1.29, 1.82) is 0 Å². The molecule has 2 aromatic rings. The summed E-state index contributed by atoms with van der Waals surface area (Å²) in [6.45, 7) is 0.365. The number of likely N-dealkylation sites (N-methyl/N-ethyl adjacent to an activating group) is 1. The second kappa shape index (κ2) is 6.83. The molecule has 110 valence electrons. The molecule has 21 heavy (non-hydrogen) atoms. The van der Waals surface area contributed by atoms with Gasteiger partial charge in [0.15, 0.2) is 0 Å². The van der Waals surface area contributed by atoms with E-state index < -0.39 is 0 Å². The maximum atomic E-state index is 13.6. The maximum absolute atomic E-state index is 13.6. The fourth-order valence-corrected chi connectivity index (χ4v) is 2.01. The van der Waals surface area contributed by atoms with Gasteiger partial charge in [0.25, 0.3) is 0 Å². The molecule has 0 spiro atoms. The zero-order valence-corrected chi connectivity index (χ0v) is 12.0. The summed E-state index contributed by atoms with van der Waals surface area (Å²) in [6.07, 6.45) is 1.66. The molecule has 0 saturated carbocycles. The van der Waals surface area contributed by atoms with Gasteiger partial charge in [-0.3, -0.25) is 4.79 Å². The Hall–Kier alpha value is -2.43. The maximum Gasteiger partial charge on any atom is 0.227 e. The van der Waals surface area contributed by atoms with Gasteiger partial charge in [0.1, 0.15) is 5.82 Å². The monoisotopic (exact) mass is 288 g/mol. The van der Waals surface area contributed by atoms with E-state index in [9.17, 15) is 9.18 Å². The summed E-state index contributed by atoms with van der Waals surface area (Å²) in [4.78, 5) is 17.8. The Bertz CT molecular complexity index is 631. The molecule has 0 radical (unpaired) electrons. The Balaban J connectivity index is 2.05. The van der Waals surface area contributed by atoms with Crippen LogP contribution in [0, 0.1) is 5.82 Å². The van der Waals surface area contributed by atoms with Crippen LogP contribution in [-0.2, 0) is 17.8 Å². The molecule has 0 aliphatic rings. The van der Waals surface area contributed by atoms with E-state index in [-0.39, 0.29) is 18.1 Å². The van der Waals surface area contributed by atoms with E-state index in [0.717, 1.165) is 5.56 Å². The Morgan fingerprint density at radius 1 is 1.24 bits per heavy atom. The predicted molar refractivity (Wildman–Crippen MR) is 77.4 cm³/mol. The van der Waals surface area contributed by atoms with E-state index in [1.807, 2.05) is 6.07 Å². The van der Waals surface area contributed by atoms with E-state index in [1.54, 1.807) is 37.5 Å². The number of methoxy groups -OCH3 is 1. The molecule has 0 atom stereocenters. The quantitative estimate of drug-likeness (QED) is 0.848. The van der Waals surface area contributed by atoms with Crippen molar-refractivity contribution in [3.63, 3.8) is 0 Å². The van der Waals surface area contributed by atoms with Crippen molar-refractivity contribution in [2.24, 2.45) is 0 Å². The molecule has 5 heteroatoms. The summed E-state index contributed by atoms with van der Waals surface area (Å²) < 4.78 is 18.7. The van der Waals surface area contributed by atoms with Crippen LogP contribution in [-0.4, -0.2) is 29.9 Å². The number of hydrogen-bond donors (Lipinski definition) is 0. The number of carbonyl (C=O) groups is 1. The van der Waals surface area contributed by atoms with Crippen molar-refractivity contribution in [2.45, 2.75) is 13.0 Å². The molecule has 4 nitrogen and oxygen atoms in total. The molecule has 0 unspecified atom stereocenters. The highest BCUT2D eigenvalue weighted by atomic mass is 19.1. The number of hydrogen-bond acceptors (Lipinski definition) is 3. The van der Waals surface area contributed by atoms with Gasteiger partial charge in [0.2, 0.25) is 11.8 Å². The summed E-state index contributed by atoms with van der Waals surface area (Å²) in [5, 5.41) is 0. The summed E-state index contributed by atoms with van der Waals surface area (Å²) in [5.41, 5.74) is 1.21. The van der Waals surface area contributed by atoms with Crippen LogP contribution in [0.25, 0.3) is 0 Å². The number of amides is 1. The van der Waals surface area contributed by atoms with Crippen LogP contribution in [0.2, 0.25) is 0 Å². The topological polar surface area (TPSA) is 42.4 Å². The van der Waals surface area contributed by atoms with Crippen molar-refractivity contribution in [3.8, 4) is 5.88 Å². The van der Waals surface area contributed by atoms with E-state index in [0.29, 0.717) is 18.0 Å². The molecule has 0 saturated heterocycles. The number of carbonyl (C=O) groups excluding carboxylic acids is 1. The van der Waals surface area contributed by atoms with Crippen LogP contribution >= 0.6 is 0 Å². The average Bonchev–Trinajstić information content (AvgIpc) is 2.50. The Kier molecular flexibility index (Phi) is 4.87. The van der Waals surface area contributed by atoms with Gasteiger partial charge >= 0.3 is 0 Å². The third kappa shape index (κ3) is 3.78. The van der Waals surface area contributed by atoms with Crippen molar-refractivity contribution in [1.82, 2.24) is 9.88 Å². The molecule has 0 bridgehead atoms.